The summed E-state index contributed by atoms with van der Waals surface area (Å²) in [5, 5.41) is 0. The first kappa shape index (κ1) is 18.2. The fourth-order valence-electron chi connectivity index (χ4n) is 1.42. The van der Waals surface area contributed by atoms with Gasteiger partial charge in [-0.05, 0) is 25.0 Å². The van der Waals surface area contributed by atoms with Gasteiger partial charge in [0.25, 0.3) is 0 Å². The van der Waals surface area contributed by atoms with Gasteiger partial charge in [-0.1, -0.05) is 32.0 Å². The minimum absolute atomic E-state index is 0.162. The summed E-state index contributed by atoms with van der Waals surface area (Å²) in [6.07, 6.45) is 1.22. The molecule has 1 aromatic rings. The highest BCUT2D eigenvalue weighted by Gasteiger charge is 2.33. The molecule has 0 aliphatic carbocycles. The van der Waals surface area contributed by atoms with E-state index in [-0.39, 0.29) is 19.0 Å². The fourth-order valence-corrected chi connectivity index (χ4v) is 5.17. The molecule has 6 nitrogen and oxygen atoms in total. The zero-order chi connectivity index (χ0) is 15.8. The second-order valence-electron chi connectivity index (χ2n) is 4.36. The zero-order valence-corrected chi connectivity index (χ0v) is 13.9. The van der Waals surface area contributed by atoms with Crippen LogP contribution in [-0.4, -0.2) is 27.1 Å². The van der Waals surface area contributed by atoms with Crippen LogP contribution in [0.15, 0.2) is 30.3 Å². The van der Waals surface area contributed by atoms with Crippen molar-refractivity contribution < 1.29 is 26.2 Å². The Morgan fingerprint density at radius 3 is 2.00 bits per heavy atom. The van der Waals surface area contributed by atoms with E-state index >= 15 is 0 Å². The van der Waals surface area contributed by atoms with E-state index in [2.05, 4.69) is 0 Å². The average Bonchev–Trinajstić information content (AvgIpc) is 2.43. The van der Waals surface area contributed by atoms with Crippen molar-refractivity contribution in [2.45, 2.75) is 26.7 Å². The van der Waals surface area contributed by atoms with Gasteiger partial charge in [0.05, 0.1) is 13.2 Å². The Balaban J connectivity index is 2.78. The van der Waals surface area contributed by atoms with Gasteiger partial charge in [0.2, 0.25) is 0 Å². The predicted molar refractivity (Wildman–Crippen MR) is 80.9 cm³/mol. The van der Waals surface area contributed by atoms with E-state index < -0.39 is 23.2 Å². The number of rotatable bonds is 10. The lowest BCUT2D eigenvalue weighted by molar-refractivity contribution is 0.207. The van der Waals surface area contributed by atoms with Crippen LogP contribution < -0.4 is 4.18 Å². The van der Waals surface area contributed by atoms with Crippen molar-refractivity contribution in [2.75, 3.05) is 18.7 Å². The lowest BCUT2D eigenvalue weighted by Gasteiger charge is -2.18. The molecule has 21 heavy (non-hydrogen) atoms. The van der Waals surface area contributed by atoms with Crippen molar-refractivity contribution in [3.63, 3.8) is 0 Å². The standard InChI is InChI=1S/C13H21O6PS/c1-3-10-17-20(14,18-11-4-2)12-21(15,16)19-13-8-6-5-7-9-13/h5-9H,3-4,10-12H2,1-2H3. The molecule has 8 heteroatoms. The van der Waals surface area contributed by atoms with Gasteiger partial charge in [-0.2, -0.15) is 8.42 Å². The van der Waals surface area contributed by atoms with E-state index in [0.717, 1.165) is 0 Å². The van der Waals surface area contributed by atoms with Gasteiger partial charge in [0, 0.05) is 0 Å². The largest absolute Gasteiger partial charge is 0.382 e. The molecule has 0 unspecified atom stereocenters. The predicted octanol–water partition coefficient (Wildman–Crippen LogP) is 3.40. The van der Waals surface area contributed by atoms with Gasteiger partial charge in [-0.25, -0.2) is 0 Å². The summed E-state index contributed by atoms with van der Waals surface area (Å²) < 4.78 is 51.6. The van der Waals surface area contributed by atoms with Gasteiger partial charge in [0.15, 0.2) is 5.49 Å². The van der Waals surface area contributed by atoms with E-state index in [9.17, 15) is 13.0 Å². The number of para-hydroxylation sites is 1. The molecule has 0 bridgehead atoms. The summed E-state index contributed by atoms with van der Waals surface area (Å²) in [5.41, 5.74) is -0.797. The topological polar surface area (TPSA) is 78.9 Å². The Kier molecular flexibility index (Phi) is 7.39. The molecular weight excluding hydrogens is 315 g/mol. The Hall–Kier alpha value is -0.880. The summed E-state index contributed by atoms with van der Waals surface area (Å²) in [7, 11) is -7.79. The molecule has 0 aliphatic heterocycles. The first-order valence-electron chi connectivity index (χ1n) is 6.76. The maximum Gasteiger partial charge on any atom is 0.349 e. The molecule has 0 spiro atoms. The van der Waals surface area contributed by atoms with Crippen LogP contribution in [-0.2, 0) is 23.7 Å². The van der Waals surface area contributed by atoms with E-state index in [4.69, 9.17) is 13.2 Å². The van der Waals surface area contributed by atoms with Crippen LogP contribution in [0.4, 0.5) is 0 Å². The third kappa shape index (κ3) is 7.09. The van der Waals surface area contributed by atoms with Crippen molar-refractivity contribution >= 4 is 17.7 Å². The Labute approximate surface area is 126 Å². The second kappa shape index (κ2) is 8.54. The fraction of sp³-hybridized carbons (Fsp3) is 0.538. The molecule has 0 N–H and O–H groups in total. The van der Waals surface area contributed by atoms with E-state index in [1.165, 1.54) is 12.1 Å². The maximum absolute atomic E-state index is 12.4. The third-order valence-electron chi connectivity index (χ3n) is 2.27. The molecule has 0 radical (unpaired) electrons. The van der Waals surface area contributed by atoms with Crippen molar-refractivity contribution in [3.8, 4) is 5.75 Å². The van der Waals surface area contributed by atoms with Crippen molar-refractivity contribution in [1.82, 2.24) is 0 Å². The molecule has 1 rings (SSSR count). The minimum Gasteiger partial charge on any atom is -0.382 e. The van der Waals surface area contributed by atoms with Crippen molar-refractivity contribution in [1.29, 1.82) is 0 Å². The van der Waals surface area contributed by atoms with Crippen molar-refractivity contribution in [3.05, 3.63) is 30.3 Å². The monoisotopic (exact) mass is 336 g/mol. The molecule has 0 amide bonds. The van der Waals surface area contributed by atoms with Gasteiger partial charge < -0.3 is 13.2 Å². The van der Waals surface area contributed by atoms with Crippen LogP contribution in [0.3, 0.4) is 0 Å². The summed E-state index contributed by atoms with van der Waals surface area (Å²) >= 11 is 0. The maximum atomic E-state index is 12.4. The lowest BCUT2D eigenvalue weighted by Crippen LogP contribution is -2.16. The molecule has 0 atom stereocenters. The van der Waals surface area contributed by atoms with Crippen LogP contribution in [0.5, 0.6) is 5.75 Å². The zero-order valence-electron chi connectivity index (χ0n) is 12.2. The summed E-state index contributed by atoms with van der Waals surface area (Å²) in [6.45, 7) is 4.00. The Morgan fingerprint density at radius 1 is 1.00 bits per heavy atom. The van der Waals surface area contributed by atoms with Gasteiger partial charge in [-0.3, -0.25) is 4.57 Å². The van der Waals surface area contributed by atoms with E-state index in [1.54, 1.807) is 18.2 Å². The van der Waals surface area contributed by atoms with Crippen molar-refractivity contribution in [2.24, 2.45) is 0 Å². The average molecular weight is 336 g/mol. The normalized spacial score (nSPS) is 12.3. The molecule has 120 valence electrons. The molecular formula is C13H21O6PS. The summed E-state index contributed by atoms with van der Waals surface area (Å²) in [6, 6.07) is 8.03. The molecule has 0 saturated heterocycles. The smallest absolute Gasteiger partial charge is 0.349 e. The first-order valence-corrected chi connectivity index (χ1v) is 10.1. The highest BCUT2D eigenvalue weighted by molar-refractivity contribution is 7.94. The van der Waals surface area contributed by atoms with Crippen LogP contribution >= 0.6 is 7.60 Å². The minimum atomic E-state index is -4.07. The lowest BCUT2D eigenvalue weighted by atomic mass is 10.3. The van der Waals surface area contributed by atoms with Crippen LogP contribution in [0.25, 0.3) is 0 Å². The summed E-state index contributed by atoms with van der Waals surface area (Å²) in [5.74, 6) is 0.162. The second-order valence-corrected chi connectivity index (χ2v) is 8.41. The summed E-state index contributed by atoms with van der Waals surface area (Å²) in [4.78, 5) is 0. The van der Waals surface area contributed by atoms with Gasteiger partial charge >= 0.3 is 17.7 Å². The molecule has 0 aromatic heterocycles. The Bertz CT molecular complexity index is 545. The molecule has 0 saturated carbocycles. The van der Waals surface area contributed by atoms with E-state index in [1.807, 2.05) is 13.8 Å². The van der Waals surface area contributed by atoms with E-state index in [0.29, 0.717) is 12.8 Å². The highest BCUT2D eigenvalue weighted by atomic mass is 32.2. The highest BCUT2D eigenvalue weighted by Crippen LogP contribution is 2.49. The van der Waals surface area contributed by atoms with Crippen LogP contribution in [0.1, 0.15) is 26.7 Å². The molecule has 1 aromatic carbocycles. The quantitative estimate of drug-likeness (QED) is 0.481. The third-order valence-corrected chi connectivity index (χ3v) is 6.39. The molecule has 0 heterocycles. The molecule has 0 aliphatic rings. The number of hydrogen-bond acceptors (Lipinski definition) is 6. The first-order chi connectivity index (χ1) is 9.91. The molecule has 0 fully saturated rings. The number of benzene rings is 1. The number of hydrogen-bond donors (Lipinski definition) is 0. The SMILES string of the molecule is CCCOP(=O)(CS(=O)(=O)Oc1ccccc1)OCCC. The van der Waals surface area contributed by atoms with Crippen LogP contribution in [0, 0.1) is 0 Å². The van der Waals surface area contributed by atoms with Crippen LogP contribution in [0.2, 0.25) is 0 Å². The Morgan fingerprint density at radius 2 is 1.52 bits per heavy atom. The van der Waals surface area contributed by atoms with Gasteiger partial charge in [0.1, 0.15) is 5.75 Å². The van der Waals surface area contributed by atoms with Gasteiger partial charge in [-0.15, -0.1) is 0 Å².